The van der Waals surface area contributed by atoms with Gasteiger partial charge in [0.05, 0.1) is 26.9 Å². The van der Waals surface area contributed by atoms with E-state index in [0.29, 0.717) is 23.1 Å². The minimum atomic E-state index is 0.611. The summed E-state index contributed by atoms with van der Waals surface area (Å²) < 4.78 is 17.7. The predicted octanol–water partition coefficient (Wildman–Crippen LogP) is 1.51. The van der Waals surface area contributed by atoms with Crippen LogP contribution in [-0.4, -0.2) is 36.1 Å². The summed E-state index contributed by atoms with van der Waals surface area (Å²) in [6, 6.07) is 3.59. The zero-order chi connectivity index (χ0) is 13.1. The summed E-state index contributed by atoms with van der Waals surface area (Å²) in [5, 5.41) is 7.92. The van der Waals surface area contributed by atoms with Gasteiger partial charge in [-0.3, -0.25) is 0 Å². The van der Waals surface area contributed by atoms with Crippen molar-refractivity contribution < 1.29 is 14.2 Å². The quantitative estimate of drug-likeness (QED) is 0.822. The van der Waals surface area contributed by atoms with Crippen molar-refractivity contribution in [2.45, 2.75) is 0 Å². The first-order chi connectivity index (χ1) is 8.71. The Hall–Kier alpha value is -2.24. The third kappa shape index (κ3) is 1.97. The topological polar surface area (TPSA) is 58.4 Å². The molecule has 0 bridgehead atoms. The minimum absolute atomic E-state index is 0.611. The van der Waals surface area contributed by atoms with Crippen LogP contribution in [0.2, 0.25) is 0 Å². The molecule has 0 amide bonds. The molecule has 0 fully saturated rings. The van der Waals surface area contributed by atoms with E-state index in [9.17, 15) is 0 Å². The summed E-state index contributed by atoms with van der Waals surface area (Å²) in [7, 11) is 6.64. The van der Waals surface area contributed by atoms with Crippen molar-refractivity contribution in [2.24, 2.45) is 7.05 Å². The Labute approximate surface area is 105 Å². The molecule has 96 valence electrons. The Morgan fingerprint density at radius 3 is 2.06 bits per heavy atom. The summed E-state index contributed by atoms with van der Waals surface area (Å²) in [6.45, 7) is 0. The molecule has 1 heterocycles. The number of rotatable bonds is 4. The van der Waals surface area contributed by atoms with E-state index in [2.05, 4.69) is 10.2 Å². The fourth-order valence-corrected chi connectivity index (χ4v) is 1.73. The molecule has 0 saturated carbocycles. The predicted molar refractivity (Wildman–Crippen MR) is 66.1 cm³/mol. The molecule has 0 aliphatic heterocycles. The Morgan fingerprint density at radius 2 is 1.56 bits per heavy atom. The molecule has 0 radical (unpaired) electrons. The van der Waals surface area contributed by atoms with Gasteiger partial charge in [0.1, 0.15) is 12.1 Å². The lowest BCUT2D eigenvalue weighted by Crippen LogP contribution is -1.98. The van der Waals surface area contributed by atoms with Crippen molar-refractivity contribution in [3.63, 3.8) is 0 Å². The van der Waals surface area contributed by atoms with Crippen molar-refractivity contribution in [1.29, 1.82) is 0 Å². The van der Waals surface area contributed by atoms with Crippen LogP contribution in [0.1, 0.15) is 0 Å². The van der Waals surface area contributed by atoms with Gasteiger partial charge in [0, 0.05) is 13.1 Å². The van der Waals surface area contributed by atoms with E-state index in [0.717, 1.165) is 5.56 Å². The molecule has 2 rings (SSSR count). The first-order valence-corrected chi connectivity index (χ1v) is 5.35. The van der Waals surface area contributed by atoms with Gasteiger partial charge in [-0.25, -0.2) is 0 Å². The van der Waals surface area contributed by atoms with Crippen molar-refractivity contribution in [2.75, 3.05) is 21.3 Å². The molecule has 0 unspecified atom stereocenters. The van der Waals surface area contributed by atoms with Crippen LogP contribution in [0.5, 0.6) is 17.2 Å². The van der Waals surface area contributed by atoms with Crippen LogP contribution in [0.3, 0.4) is 0 Å². The zero-order valence-corrected chi connectivity index (χ0v) is 10.8. The summed E-state index contributed by atoms with van der Waals surface area (Å²) in [5.74, 6) is 2.59. The van der Waals surface area contributed by atoms with Crippen LogP contribution in [0.15, 0.2) is 18.5 Å². The number of aryl methyl sites for hydroxylation is 1. The second-order valence-corrected chi connectivity index (χ2v) is 3.67. The molecule has 2 aromatic rings. The Kier molecular flexibility index (Phi) is 3.36. The highest BCUT2D eigenvalue weighted by Gasteiger charge is 2.16. The smallest absolute Gasteiger partial charge is 0.167 e. The number of aromatic nitrogens is 3. The normalized spacial score (nSPS) is 10.2. The molecule has 0 aliphatic carbocycles. The van der Waals surface area contributed by atoms with Gasteiger partial charge in [0.2, 0.25) is 0 Å². The van der Waals surface area contributed by atoms with Crippen molar-refractivity contribution in [3.8, 4) is 28.6 Å². The van der Waals surface area contributed by atoms with Gasteiger partial charge >= 0.3 is 0 Å². The lowest BCUT2D eigenvalue weighted by molar-refractivity contribution is 0.349. The fraction of sp³-hybridized carbons (Fsp3) is 0.333. The van der Waals surface area contributed by atoms with E-state index in [4.69, 9.17) is 14.2 Å². The Bertz CT molecular complexity index is 551. The zero-order valence-electron chi connectivity index (χ0n) is 10.8. The first-order valence-electron chi connectivity index (χ1n) is 5.35. The molecule has 0 saturated heterocycles. The third-order valence-corrected chi connectivity index (χ3v) is 2.66. The third-order valence-electron chi connectivity index (χ3n) is 2.66. The van der Waals surface area contributed by atoms with E-state index in [-0.39, 0.29) is 0 Å². The minimum Gasteiger partial charge on any atom is -0.496 e. The second-order valence-electron chi connectivity index (χ2n) is 3.67. The van der Waals surface area contributed by atoms with E-state index >= 15 is 0 Å². The molecular weight excluding hydrogens is 234 g/mol. The van der Waals surface area contributed by atoms with Gasteiger partial charge in [-0.15, -0.1) is 10.2 Å². The molecule has 0 spiro atoms. The summed E-state index contributed by atoms with van der Waals surface area (Å²) in [4.78, 5) is 0. The number of ether oxygens (including phenoxy) is 3. The maximum atomic E-state index is 5.35. The number of benzene rings is 1. The summed E-state index contributed by atoms with van der Waals surface area (Å²) >= 11 is 0. The second kappa shape index (κ2) is 4.95. The SMILES string of the molecule is COc1cc(OC)c(-c2nncn2C)cc1OC. The average Bonchev–Trinajstić information content (AvgIpc) is 2.83. The van der Waals surface area contributed by atoms with Crippen LogP contribution in [0.4, 0.5) is 0 Å². The number of hydrogen-bond donors (Lipinski definition) is 0. The largest absolute Gasteiger partial charge is 0.496 e. The molecule has 1 aromatic carbocycles. The number of hydrogen-bond acceptors (Lipinski definition) is 5. The summed E-state index contributed by atoms with van der Waals surface area (Å²) in [6.07, 6.45) is 1.63. The standard InChI is InChI=1S/C12H15N3O3/c1-15-7-13-14-12(15)8-5-10(17-3)11(18-4)6-9(8)16-2/h5-7H,1-4H3. The Balaban J connectivity index is 2.62. The fourth-order valence-electron chi connectivity index (χ4n) is 1.73. The van der Waals surface area contributed by atoms with Crippen LogP contribution in [-0.2, 0) is 7.05 Å². The number of nitrogens with zero attached hydrogens (tertiary/aromatic N) is 3. The van der Waals surface area contributed by atoms with Crippen molar-refractivity contribution in [1.82, 2.24) is 14.8 Å². The van der Waals surface area contributed by atoms with E-state index in [1.165, 1.54) is 0 Å². The van der Waals surface area contributed by atoms with Gasteiger partial charge in [0.15, 0.2) is 17.3 Å². The van der Waals surface area contributed by atoms with Gasteiger partial charge in [-0.1, -0.05) is 0 Å². The lowest BCUT2D eigenvalue weighted by atomic mass is 10.1. The lowest BCUT2D eigenvalue weighted by Gasteiger charge is -2.13. The molecule has 6 nitrogen and oxygen atoms in total. The van der Waals surface area contributed by atoms with Crippen LogP contribution in [0.25, 0.3) is 11.4 Å². The molecule has 18 heavy (non-hydrogen) atoms. The molecule has 0 aliphatic rings. The van der Waals surface area contributed by atoms with E-state index in [1.54, 1.807) is 33.7 Å². The van der Waals surface area contributed by atoms with Crippen LogP contribution < -0.4 is 14.2 Å². The highest BCUT2D eigenvalue weighted by Crippen LogP contribution is 2.38. The van der Waals surface area contributed by atoms with Crippen LogP contribution in [0, 0.1) is 0 Å². The van der Waals surface area contributed by atoms with Gasteiger partial charge in [-0.05, 0) is 6.07 Å². The average molecular weight is 249 g/mol. The maximum Gasteiger partial charge on any atom is 0.167 e. The van der Waals surface area contributed by atoms with E-state index in [1.807, 2.05) is 17.7 Å². The molecule has 0 N–H and O–H groups in total. The van der Waals surface area contributed by atoms with Crippen molar-refractivity contribution in [3.05, 3.63) is 18.5 Å². The van der Waals surface area contributed by atoms with Gasteiger partial charge in [0.25, 0.3) is 0 Å². The highest BCUT2D eigenvalue weighted by molar-refractivity contribution is 5.69. The number of methoxy groups -OCH3 is 3. The highest BCUT2D eigenvalue weighted by atomic mass is 16.5. The first kappa shape index (κ1) is 12.2. The Morgan fingerprint density at radius 1 is 0.944 bits per heavy atom. The van der Waals surface area contributed by atoms with Crippen LogP contribution >= 0.6 is 0 Å². The van der Waals surface area contributed by atoms with Gasteiger partial charge < -0.3 is 18.8 Å². The molecule has 0 atom stereocenters. The van der Waals surface area contributed by atoms with E-state index < -0.39 is 0 Å². The molecular formula is C12H15N3O3. The molecule has 1 aromatic heterocycles. The summed E-state index contributed by atoms with van der Waals surface area (Å²) in [5.41, 5.74) is 0.801. The maximum absolute atomic E-state index is 5.35. The molecule has 6 heteroatoms. The monoisotopic (exact) mass is 249 g/mol. The van der Waals surface area contributed by atoms with Gasteiger partial charge in [-0.2, -0.15) is 0 Å². The van der Waals surface area contributed by atoms with Crippen molar-refractivity contribution >= 4 is 0 Å².